The quantitative estimate of drug-likeness (QED) is 0.393. The third-order valence-corrected chi connectivity index (χ3v) is 3.27. The van der Waals surface area contributed by atoms with Crippen LogP contribution in [-0.4, -0.2) is 22.2 Å². The maximum atomic E-state index is 10.9. The first-order valence-corrected chi connectivity index (χ1v) is 7.13. The smallest absolute Gasteiger partial charge is 0.306 e. The first-order valence-electron chi connectivity index (χ1n) is 7.13. The SMILES string of the molecule is C=CCCCCCCCC[C@@H](CCC(=O)O)C(=O)O. The van der Waals surface area contributed by atoms with Crippen molar-refractivity contribution in [2.24, 2.45) is 5.92 Å². The van der Waals surface area contributed by atoms with Gasteiger partial charge in [0.25, 0.3) is 0 Å². The van der Waals surface area contributed by atoms with Crippen LogP contribution in [0.25, 0.3) is 0 Å². The molecule has 0 unspecified atom stereocenters. The van der Waals surface area contributed by atoms with Gasteiger partial charge in [0.05, 0.1) is 5.92 Å². The second kappa shape index (κ2) is 11.8. The van der Waals surface area contributed by atoms with Gasteiger partial charge in [0.2, 0.25) is 0 Å². The fraction of sp³-hybridized carbons (Fsp3) is 0.733. The van der Waals surface area contributed by atoms with Gasteiger partial charge in [0, 0.05) is 6.42 Å². The van der Waals surface area contributed by atoms with E-state index in [1.165, 1.54) is 19.3 Å². The van der Waals surface area contributed by atoms with E-state index in [-0.39, 0.29) is 12.8 Å². The van der Waals surface area contributed by atoms with Crippen LogP contribution in [0.3, 0.4) is 0 Å². The minimum Gasteiger partial charge on any atom is -0.481 e. The number of allylic oxidation sites excluding steroid dienone is 1. The summed E-state index contributed by atoms with van der Waals surface area (Å²) < 4.78 is 0. The Balaban J connectivity index is 3.56. The number of aliphatic carboxylic acids is 2. The van der Waals surface area contributed by atoms with Gasteiger partial charge in [-0.1, -0.05) is 38.2 Å². The molecule has 0 saturated heterocycles. The number of hydrogen-bond donors (Lipinski definition) is 2. The first kappa shape index (κ1) is 17.7. The van der Waals surface area contributed by atoms with Crippen LogP contribution in [0.5, 0.6) is 0 Å². The van der Waals surface area contributed by atoms with Crippen molar-refractivity contribution in [1.29, 1.82) is 0 Å². The molecule has 0 aliphatic heterocycles. The van der Waals surface area contributed by atoms with Gasteiger partial charge >= 0.3 is 11.9 Å². The molecule has 110 valence electrons. The largest absolute Gasteiger partial charge is 0.481 e. The average Bonchev–Trinajstić information content (AvgIpc) is 2.35. The van der Waals surface area contributed by atoms with Crippen molar-refractivity contribution in [1.82, 2.24) is 0 Å². The van der Waals surface area contributed by atoms with E-state index in [0.717, 1.165) is 25.7 Å². The molecule has 4 heteroatoms. The van der Waals surface area contributed by atoms with E-state index in [2.05, 4.69) is 6.58 Å². The molecule has 0 aromatic carbocycles. The molecule has 0 radical (unpaired) electrons. The van der Waals surface area contributed by atoms with Crippen LogP contribution in [-0.2, 0) is 9.59 Å². The molecule has 0 fully saturated rings. The Morgan fingerprint density at radius 2 is 1.53 bits per heavy atom. The first-order chi connectivity index (χ1) is 9.07. The third-order valence-electron chi connectivity index (χ3n) is 3.27. The van der Waals surface area contributed by atoms with Crippen molar-refractivity contribution in [2.75, 3.05) is 0 Å². The zero-order valence-corrected chi connectivity index (χ0v) is 11.6. The molecule has 4 nitrogen and oxygen atoms in total. The number of unbranched alkanes of at least 4 members (excludes halogenated alkanes) is 6. The third kappa shape index (κ3) is 11.5. The molecule has 0 aliphatic rings. The van der Waals surface area contributed by atoms with Crippen molar-refractivity contribution in [3.05, 3.63) is 12.7 Å². The summed E-state index contributed by atoms with van der Waals surface area (Å²) in [5.74, 6) is -2.29. The average molecular weight is 270 g/mol. The highest BCUT2D eigenvalue weighted by molar-refractivity contribution is 5.72. The van der Waals surface area contributed by atoms with E-state index in [9.17, 15) is 9.59 Å². The second-order valence-corrected chi connectivity index (χ2v) is 4.95. The Labute approximate surface area is 115 Å². The van der Waals surface area contributed by atoms with Crippen LogP contribution in [0.1, 0.15) is 64.2 Å². The Hall–Kier alpha value is -1.32. The monoisotopic (exact) mass is 270 g/mol. The predicted octanol–water partition coefficient (Wildman–Crippen LogP) is 3.86. The Bertz CT molecular complexity index is 273. The lowest BCUT2D eigenvalue weighted by Gasteiger charge is -2.10. The highest BCUT2D eigenvalue weighted by Crippen LogP contribution is 2.17. The lowest BCUT2D eigenvalue weighted by molar-refractivity contribution is -0.143. The van der Waals surface area contributed by atoms with E-state index >= 15 is 0 Å². The lowest BCUT2D eigenvalue weighted by atomic mass is 9.96. The summed E-state index contributed by atoms with van der Waals surface area (Å²) >= 11 is 0. The Morgan fingerprint density at radius 3 is 2.05 bits per heavy atom. The minimum absolute atomic E-state index is 0.0570. The van der Waals surface area contributed by atoms with Gasteiger partial charge in [-0.3, -0.25) is 9.59 Å². The maximum Gasteiger partial charge on any atom is 0.306 e. The van der Waals surface area contributed by atoms with E-state index in [1.807, 2.05) is 6.08 Å². The van der Waals surface area contributed by atoms with Crippen molar-refractivity contribution in [2.45, 2.75) is 64.2 Å². The molecule has 0 aliphatic carbocycles. The number of carboxylic acid groups (broad SMARTS) is 2. The van der Waals surface area contributed by atoms with Crippen LogP contribution < -0.4 is 0 Å². The minimum atomic E-state index is -0.923. The molecule has 19 heavy (non-hydrogen) atoms. The van der Waals surface area contributed by atoms with E-state index in [0.29, 0.717) is 6.42 Å². The van der Waals surface area contributed by atoms with Gasteiger partial charge in [0.15, 0.2) is 0 Å². The molecule has 0 bridgehead atoms. The standard InChI is InChI=1S/C15H26O4/c1-2-3-4-5-6-7-8-9-10-13(15(18)19)11-12-14(16)17/h2,13H,1,3-12H2,(H,16,17)(H,18,19)/t13-/m0/s1. The summed E-state index contributed by atoms with van der Waals surface area (Å²) in [5.41, 5.74) is 0. The van der Waals surface area contributed by atoms with Gasteiger partial charge in [-0.15, -0.1) is 6.58 Å². The summed E-state index contributed by atoms with van der Waals surface area (Å²) in [6.07, 6.45) is 10.4. The Kier molecular flexibility index (Phi) is 10.9. The highest BCUT2D eigenvalue weighted by Gasteiger charge is 2.17. The summed E-state index contributed by atoms with van der Waals surface area (Å²) in [6, 6.07) is 0. The van der Waals surface area contributed by atoms with Gasteiger partial charge in [0.1, 0.15) is 0 Å². The van der Waals surface area contributed by atoms with Crippen LogP contribution in [0, 0.1) is 5.92 Å². The van der Waals surface area contributed by atoms with Crippen LogP contribution in [0.2, 0.25) is 0 Å². The van der Waals surface area contributed by atoms with Crippen LogP contribution in [0.15, 0.2) is 12.7 Å². The molecule has 1 atom stereocenters. The predicted molar refractivity (Wildman–Crippen MR) is 75.1 cm³/mol. The van der Waals surface area contributed by atoms with Gasteiger partial charge in [-0.25, -0.2) is 0 Å². The normalized spacial score (nSPS) is 12.0. The van der Waals surface area contributed by atoms with Crippen LogP contribution >= 0.6 is 0 Å². The number of carboxylic acids is 2. The van der Waals surface area contributed by atoms with Crippen molar-refractivity contribution in [3.63, 3.8) is 0 Å². The zero-order valence-electron chi connectivity index (χ0n) is 11.6. The van der Waals surface area contributed by atoms with Gasteiger partial charge in [-0.2, -0.15) is 0 Å². The highest BCUT2D eigenvalue weighted by atomic mass is 16.4. The number of rotatable bonds is 13. The second-order valence-electron chi connectivity index (χ2n) is 4.95. The van der Waals surface area contributed by atoms with E-state index in [4.69, 9.17) is 10.2 Å². The van der Waals surface area contributed by atoms with Gasteiger partial charge < -0.3 is 10.2 Å². The molecule has 0 amide bonds. The van der Waals surface area contributed by atoms with Crippen molar-refractivity contribution >= 4 is 11.9 Å². The molecule has 0 saturated carbocycles. The van der Waals surface area contributed by atoms with E-state index in [1.54, 1.807) is 0 Å². The molecule has 0 spiro atoms. The van der Waals surface area contributed by atoms with Crippen molar-refractivity contribution < 1.29 is 19.8 Å². The zero-order chi connectivity index (χ0) is 14.5. The van der Waals surface area contributed by atoms with E-state index < -0.39 is 17.9 Å². The molecule has 0 heterocycles. The molecule has 2 N–H and O–H groups in total. The number of carbonyl (C=O) groups is 2. The maximum absolute atomic E-state index is 10.9. The summed E-state index contributed by atoms with van der Waals surface area (Å²) in [7, 11) is 0. The fourth-order valence-corrected chi connectivity index (χ4v) is 2.08. The van der Waals surface area contributed by atoms with Crippen LogP contribution in [0.4, 0.5) is 0 Å². The summed E-state index contributed by atoms with van der Waals surface area (Å²) in [5, 5.41) is 17.5. The number of hydrogen-bond acceptors (Lipinski definition) is 2. The molecular weight excluding hydrogens is 244 g/mol. The molecule has 0 aromatic heterocycles. The fourth-order valence-electron chi connectivity index (χ4n) is 2.08. The molecular formula is C15H26O4. The summed E-state index contributed by atoms with van der Waals surface area (Å²) in [6.45, 7) is 3.68. The summed E-state index contributed by atoms with van der Waals surface area (Å²) in [4.78, 5) is 21.4. The molecule has 0 rings (SSSR count). The lowest BCUT2D eigenvalue weighted by Crippen LogP contribution is -2.15. The Morgan fingerprint density at radius 1 is 0.947 bits per heavy atom. The van der Waals surface area contributed by atoms with Gasteiger partial charge in [-0.05, 0) is 25.7 Å². The molecule has 0 aromatic rings. The topological polar surface area (TPSA) is 74.6 Å². The van der Waals surface area contributed by atoms with Crippen molar-refractivity contribution in [3.8, 4) is 0 Å².